The molecule has 0 aliphatic carbocycles. The molecule has 4 rings (SSSR count). The highest BCUT2D eigenvalue weighted by Crippen LogP contribution is 2.30. The number of carbonyl (C=O) groups is 1. The number of nitrogens with one attached hydrogen (secondary N) is 1. The van der Waals surface area contributed by atoms with Crippen molar-refractivity contribution < 1.29 is 18.0 Å². The van der Waals surface area contributed by atoms with Crippen LogP contribution in [0.4, 0.5) is 13.2 Å². The van der Waals surface area contributed by atoms with Crippen molar-refractivity contribution in [3.8, 4) is 5.69 Å². The molecule has 1 amide bonds. The second-order valence-corrected chi connectivity index (χ2v) is 7.59. The summed E-state index contributed by atoms with van der Waals surface area (Å²) in [6.07, 6.45) is -2.89. The van der Waals surface area contributed by atoms with Crippen LogP contribution >= 0.6 is 23.2 Å². The first kappa shape index (κ1) is 21.2. The van der Waals surface area contributed by atoms with E-state index in [1.165, 1.54) is 12.1 Å². The summed E-state index contributed by atoms with van der Waals surface area (Å²) in [6.45, 7) is -0.0416. The van der Waals surface area contributed by atoms with Crippen LogP contribution in [0.25, 0.3) is 16.6 Å². The van der Waals surface area contributed by atoms with E-state index in [-0.39, 0.29) is 6.54 Å². The summed E-state index contributed by atoms with van der Waals surface area (Å²) in [5.74, 6) is -0.420. The third kappa shape index (κ3) is 4.38. The SMILES string of the molecule is O=C(NCc1cccc(C(F)(F)F)c1)c1cccc2c1cnn2-c1ccc(Cl)c(Cl)c1. The van der Waals surface area contributed by atoms with Crippen LogP contribution in [0, 0.1) is 0 Å². The molecule has 1 aromatic heterocycles. The Morgan fingerprint density at radius 3 is 2.52 bits per heavy atom. The fourth-order valence-corrected chi connectivity index (χ4v) is 3.50. The first-order valence-corrected chi connectivity index (χ1v) is 9.86. The molecule has 1 N–H and O–H groups in total. The third-order valence-corrected chi connectivity index (χ3v) is 5.45. The zero-order valence-corrected chi connectivity index (χ0v) is 17.3. The number of alkyl halides is 3. The highest BCUT2D eigenvalue weighted by molar-refractivity contribution is 6.42. The largest absolute Gasteiger partial charge is 0.416 e. The van der Waals surface area contributed by atoms with E-state index in [1.807, 2.05) is 0 Å². The summed E-state index contributed by atoms with van der Waals surface area (Å²) in [5, 5.41) is 8.40. The topological polar surface area (TPSA) is 46.9 Å². The number of nitrogens with zero attached hydrogens (tertiary/aromatic N) is 2. The summed E-state index contributed by atoms with van der Waals surface area (Å²) in [5.41, 5.74) is 1.29. The van der Waals surface area contributed by atoms with Crippen LogP contribution in [0.5, 0.6) is 0 Å². The average molecular weight is 464 g/mol. The lowest BCUT2D eigenvalue weighted by Crippen LogP contribution is -2.23. The molecular formula is C22H14Cl2F3N3O. The molecule has 1 heterocycles. The number of halogens is 5. The predicted molar refractivity (Wildman–Crippen MR) is 114 cm³/mol. The molecule has 31 heavy (non-hydrogen) atoms. The average Bonchev–Trinajstić information content (AvgIpc) is 3.18. The van der Waals surface area contributed by atoms with E-state index in [0.717, 1.165) is 12.1 Å². The van der Waals surface area contributed by atoms with Gasteiger partial charge in [0.15, 0.2) is 0 Å². The molecule has 0 aliphatic rings. The molecule has 158 valence electrons. The zero-order valence-electron chi connectivity index (χ0n) is 15.8. The molecular weight excluding hydrogens is 450 g/mol. The van der Waals surface area contributed by atoms with E-state index in [9.17, 15) is 18.0 Å². The van der Waals surface area contributed by atoms with Gasteiger partial charge in [-0.1, -0.05) is 41.4 Å². The molecule has 0 saturated carbocycles. The van der Waals surface area contributed by atoms with Gasteiger partial charge in [-0.2, -0.15) is 18.3 Å². The molecule has 4 aromatic rings. The van der Waals surface area contributed by atoms with Crippen LogP contribution < -0.4 is 5.32 Å². The van der Waals surface area contributed by atoms with Crippen molar-refractivity contribution in [2.45, 2.75) is 12.7 Å². The fourth-order valence-electron chi connectivity index (χ4n) is 3.21. The number of benzene rings is 3. The van der Waals surface area contributed by atoms with Crippen LogP contribution in [-0.4, -0.2) is 15.7 Å². The van der Waals surface area contributed by atoms with Gasteiger partial charge in [0.1, 0.15) is 0 Å². The van der Waals surface area contributed by atoms with Crippen LogP contribution in [0.1, 0.15) is 21.5 Å². The lowest BCUT2D eigenvalue weighted by Gasteiger charge is -2.10. The Morgan fingerprint density at radius 1 is 1.00 bits per heavy atom. The summed E-state index contributed by atoms with van der Waals surface area (Å²) in [4.78, 5) is 12.7. The Labute approximate surface area is 185 Å². The summed E-state index contributed by atoms with van der Waals surface area (Å²) >= 11 is 12.1. The minimum atomic E-state index is -4.44. The van der Waals surface area contributed by atoms with Gasteiger partial charge >= 0.3 is 6.18 Å². The standard InChI is InChI=1S/C22H14Cl2F3N3O/c23-18-8-7-15(10-19(18)24)30-20-6-2-5-16(17(20)12-29-30)21(31)28-11-13-3-1-4-14(9-13)22(25,26)27/h1-10,12H,11H2,(H,28,31). The van der Waals surface area contributed by atoms with Crippen molar-refractivity contribution in [1.82, 2.24) is 15.1 Å². The lowest BCUT2D eigenvalue weighted by molar-refractivity contribution is -0.137. The summed E-state index contributed by atoms with van der Waals surface area (Å²) < 4.78 is 40.3. The summed E-state index contributed by atoms with van der Waals surface area (Å²) in [7, 11) is 0. The number of fused-ring (bicyclic) bond motifs is 1. The minimum Gasteiger partial charge on any atom is -0.348 e. The number of hydrogen-bond donors (Lipinski definition) is 1. The van der Waals surface area contributed by atoms with Gasteiger partial charge in [-0.25, -0.2) is 4.68 Å². The first-order valence-electron chi connectivity index (χ1n) is 9.10. The van der Waals surface area contributed by atoms with Crippen LogP contribution in [-0.2, 0) is 12.7 Å². The molecule has 0 unspecified atom stereocenters. The van der Waals surface area contributed by atoms with Crippen molar-refractivity contribution in [1.29, 1.82) is 0 Å². The van der Waals surface area contributed by atoms with Crippen molar-refractivity contribution in [2.24, 2.45) is 0 Å². The smallest absolute Gasteiger partial charge is 0.348 e. The molecule has 0 spiro atoms. The molecule has 0 fully saturated rings. The van der Waals surface area contributed by atoms with Gasteiger partial charge in [-0.05, 0) is 48.0 Å². The maximum Gasteiger partial charge on any atom is 0.416 e. The first-order chi connectivity index (χ1) is 14.7. The van der Waals surface area contributed by atoms with Crippen molar-refractivity contribution in [2.75, 3.05) is 0 Å². The molecule has 0 aliphatic heterocycles. The van der Waals surface area contributed by atoms with Gasteiger partial charge in [0.05, 0.1) is 38.6 Å². The Hall–Kier alpha value is -3.03. The molecule has 9 heteroatoms. The van der Waals surface area contributed by atoms with E-state index in [0.29, 0.717) is 37.8 Å². The fraction of sp³-hybridized carbons (Fsp3) is 0.0909. The second-order valence-electron chi connectivity index (χ2n) is 6.77. The van der Waals surface area contributed by atoms with E-state index in [4.69, 9.17) is 23.2 Å². The van der Waals surface area contributed by atoms with E-state index < -0.39 is 17.6 Å². The Kier molecular flexibility index (Phi) is 5.64. The molecule has 0 radical (unpaired) electrons. The van der Waals surface area contributed by atoms with Gasteiger partial charge in [-0.3, -0.25) is 4.79 Å². The van der Waals surface area contributed by atoms with Crippen LogP contribution in [0.15, 0.2) is 66.9 Å². The normalized spacial score (nSPS) is 11.6. The monoisotopic (exact) mass is 463 g/mol. The predicted octanol–water partition coefficient (Wildman–Crippen LogP) is 6.28. The van der Waals surface area contributed by atoms with Gasteiger partial charge in [0.2, 0.25) is 0 Å². The van der Waals surface area contributed by atoms with Crippen molar-refractivity contribution in [3.63, 3.8) is 0 Å². The Bertz CT molecular complexity index is 1280. The lowest BCUT2D eigenvalue weighted by atomic mass is 10.1. The summed E-state index contributed by atoms with van der Waals surface area (Å²) in [6, 6.07) is 15.0. The van der Waals surface area contributed by atoms with Crippen LogP contribution in [0.3, 0.4) is 0 Å². The molecule has 0 saturated heterocycles. The highest BCUT2D eigenvalue weighted by atomic mass is 35.5. The minimum absolute atomic E-state index is 0.0416. The van der Waals surface area contributed by atoms with E-state index in [2.05, 4.69) is 10.4 Å². The zero-order chi connectivity index (χ0) is 22.2. The quantitative estimate of drug-likeness (QED) is 0.387. The van der Waals surface area contributed by atoms with E-state index in [1.54, 1.807) is 47.3 Å². The Morgan fingerprint density at radius 2 is 1.77 bits per heavy atom. The molecule has 0 atom stereocenters. The van der Waals surface area contributed by atoms with Crippen LogP contribution in [0.2, 0.25) is 10.0 Å². The maximum atomic E-state index is 12.9. The van der Waals surface area contributed by atoms with Crippen molar-refractivity contribution >= 4 is 40.0 Å². The third-order valence-electron chi connectivity index (χ3n) is 4.71. The maximum absolute atomic E-state index is 12.9. The Balaban J connectivity index is 1.59. The molecule has 0 bridgehead atoms. The second kappa shape index (κ2) is 8.24. The van der Waals surface area contributed by atoms with Gasteiger partial charge in [0.25, 0.3) is 5.91 Å². The van der Waals surface area contributed by atoms with Gasteiger partial charge in [-0.15, -0.1) is 0 Å². The molecule has 3 aromatic carbocycles. The number of rotatable bonds is 4. The van der Waals surface area contributed by atoms with E-state index >= 15 is 0 Å². The van der Waals surface area contributed by atoms with Gasteiger partial charge in [0, 0.05) is 11.9 Å². The number of amides is 1. The van der Waals surface area contributed by atoms with Gasteiger partial charge < -0.3 is 5.32 Å². The van der Waals surface area contributed by atoms with Crippen molar-refractivity contribution in [3.05, 3.63) is 93.6 Å². The number of aromatic nitrogens is 2. The number of hydrogen-bond acceptors (Lipinski definition) is 2. The molecule has 4 nitrogen and oxygen atoms in total. The highest BCUT2D eigenvalue weighted by Gasteiger charge is 2.30. The number of carbonyl (C=O) groups excluding carboxylic acids is 1.